The highest BCUT2D eigenvalue weighted by atomic mass is 16.1. The monoisotopic (exact) mass is 507 g/mol. The van der Waals surface area contributed by atoms with E-state index in [1.807, 2.05) is 55.5 Å². The number of piperazine rings is 1. The molecular formula is C30H33N7O. The number of benzene rings is 2. The van der Waals surface area contributed by atoms with Crippen LogP contribution in [0.1, 0.15) is 29.3 Å². The highest BCUT2D eigenvalue weighted by Gasteiger charge is 2.17. The van der Waals surface area contributed by atoms with Gasteiger partial charge in [0.1, 0.15) is 0 Å². The molecule has 3 heterocycles. The summed E-state index contributed by atoms with van der Waals surface area (Å²) < 4.78 is 0. The highest BCUT2D eigenvalue weighted by Crippen LogP contribution is 2.24. The Balaban J connectivity index is 1.24. The number of pyridine rings is 1. The molecular weight excluding hydrogens is 474 g/mol. The Bertz CT molecular complexity index is 1370. The van der Waals surface area contributed by atoms with Gasteiger partial charge in [0.25, 0.3) is 5.91 Å². The van der Waals surface area contributed by atoms with Gasteiger partial charge in [-0.25, -0.2) is 9.97 Å². The van der Waals surface area contributed by atoms with E-state index in [2.05, 4.69) is 54.4 Å². The molecule has 1 aliphatic rings. The molecule has 2 aromatic carbocycles. The Labute approximate surface area is 223 Å². The lowest BCUT2D eigenvalue weighted by molar-refractivity contribution is 0.102. The van der Waals surface area contributed by atoms with Gasteiger partial charge in [-0.1, -0.05) is 13.0 Å². The Morgan fingerprint density at radius 1 is 0.974 bits per heavy atom. The third kappa shape index (κ3) is 6.15. The molecule has 4 aromatic rings. The maximum absolute atomic E-state index is 13.1. The van der Waals surface area contributed by atoms with E-state index < -0.39 is 0 Å². The van der Waals surface area contributed by atoms with Crippen LogP contribution in [0.5, 0.6) is 0 Å². The van der Waals surface area contributed by atoms with Crippen molar-refractivity contribution in [1.82, 2.24) is 19.9 Å². The first-order chi connectivity index (χ1) is 18.6. The molecule has 0 atom stereocenters. The summed E-state index contributed by atoms with van der Waals surface area (Å²) in [6, 6.07) is 19.4. The topological polar surface area (TPSA) is 86.3 Å². The lowest BCUT2D eigenvalue weighted by Gasteiger charge is -2.36. The van der Waals surface area contributed by atoms with Crippen molar-refractivity contribution in [2.45, 2.75) is 20.3 Å². The zero-order chi connectivity index (χ0) is 26.3. The average molecular weight is 508 g/mol. The smallest absolute Gasteiger partial charge is 0.255 e. The van der Waals surface area contributed by atoms with Crippen LogP contribution in [0.25, 0.3) is 11.3 Å². The number of carbonyl (C=O) groups excluding carboxylic acids is 1. The largest absolute Gasteiger partial charge is 0.369 e. The molecule has 0 aliphatic carbocycles. The fourth-order valence-corrected chi connectivity index (χ4v) is 4.62. The lowest BCUT2D eigenvalue weighted by Crippen LogP contribution is -2.46. The summed E-state index contributed by atoms with van der Waals surface area (Å²) in [5.74, 6) is 0.289. The molecule has 0 spiro atoms. The second-order valence-corrected chi connectivity index (χ2v) is 9.49. The Kier molecular flexibility index (Phi) is 7.89. The van der Waals surface area contributed by atoms with Crippen LogP contribution in [0.3, 0.4) is 0 Å². The third-order valence-electron chi connectivity index (χ3n) is 6.76. The SMILES string of the molecule is CCCN1CCN(c2ccc(NC(=O)c3ccc(C)c(Nc4nccc(-c5cccnc5)n4)c3)cc2)CC1. The van der Waals surface area contributed by atoms with Crippen molar-refractivity contribution in [3.05, 3.63) is 90.4 Å². The minimum absolute atomic E-state index is 0.168. The van der Waals surface area contributed by atoms with Crippen molar-refractivity contribution in [3.8, 4) is 11.3 Å². The standard InChI is InChI=1S/C30H33N7O/c1-3-15-36-16-18-37(19-17-36)26-10-8-25(9-11-26)33-29(38)23-7-6-22(2)28(20-23)35-30-32-14-12-27(34-30)24-5-4-13-31-21-24/h4-14,20-21H,3,15-19H2,1-2H3,(H,33,38)(H,32,34,35). The second-order valence-electron chi connectivity index (χ2n) is 9.49. The first kappa shape index (κ1) is 25.4. The summed E-state index contributed by atoms with van der Waals surface area (Å²) in [6.07, 6.45) is 6.40. The van der Waals surface area contributed by atoms with Crippen molar-refractivity contribution < 1.29 is 4.79 Å². The Morgan fingerprint density at radius 2 is 1.79 bits per heavy atom. The molecule has 194 valence electrons. The van der Waals surface area contributed by atoms with Gasteiger partial charge in [-0.15, -0.1) is 0 Å². The van der Waals surface area contributed by atoms with Crippen molar-refractivity contribution in [2.75, 3.05) is 48.3 Å². The quantitative estimate of drug-likeness (QED) is 0.331. The van der Waals surface area contributed by atoms with Crippen molar-refractivity contribution in [1.29, 1.82) is 0 Å². The van der Waals surface area contributed by atoms with Crippen LogP contribution in [0.15, 0.2) is 79.3 Å². The molecule has 5 rings (SSSR count). The molecule has 0 bridgehead atoms. The first-order valence-electron chi connectivity index (χ1n) is 13.1. The zero-order valence-electron chi connectivity index (χ0n) is 21.9. The number of carbonyl (C=O) groups is 1. The summed E-state index contributed by atoms with van der Waals surface area (Å²) in [6.45, 7) is 9.61. The van der Waals surface area contributed by atoms with Gasteiger partial charge in [0, 0.05) is 73.0 Å². The number of aryl methyl sites for hydroxylation is 1. The molecule has 1 aliphatic heterocycles. The number of rotatable bonds is 8. The number of amides is 1. The van der Waals surface area contributed by atoms with E-state index in [-0.39, 0.29) is 5.91 Å². The summed E-state index contributed by atoms with van der Waals surface area (Å²) >= 11 is 0. The number of hydrogen-bond acceptors (Lipinski definition) is 7. The fraction of sp³-hybridized carbons (Fsp3) is 0.267. The Morgan fingerprint density at radius 3 is 2.53 bits per heavy atom. The second kappa shape index (κ2) is 11.8. The highest BCUT2D eigenvalue weighted by molar-refractivity contribution is 6.05. The summed E-state index contributed by atoms with van der Waals surface area (Å²) in [5, 5.41) is 6.29. The third-order valence-corrected chi connectivity index (χ3v) is 6.76. The van der Waals surface area contributed by atoms with Gasteiger partial charge in [0.05, 0.1) is 5.69 Å². The van der Waals surface area contributed by atoms with Gasteiger partial charge in [0.15, 0.2) is 0 Å². The van der Waals surface area contributed by atoms with Gasteiger partial charge in [-0.3, -0.25) is 14.7 Å². The molecule has 38 heavy (non-hydrogen) atoms. The van der Waals surface area contributed by atoms with Crippen LogP contribution < -0.4 is 15.5 Å². The van der Waals surface area contributed by atoms with Crippen molar-refractivity contribution in [3.63, 3.8) is 0 Å². The molecule has 8 heteroatoms. The van der Waals surface area contributed by atoms with Crippen LogP contribution in [-0.2, 0) is 0 Å². The van der Waals surface area contributed by atoms with E-state index in [1.54, 1.807) is 18.6 Å². The molecule has 0 unspecified atom stereocenters. The summed E-state index contributed by atoms with van der Waals surface area (Å²) in [7, 11) is 0. The minimum Gasteiger partial charge on any atom is -0.369 e. The van der Waals surface area contributed by atoms with Gasteiger partial charge < -0.3 is 15.5 Å². The van der Waals surface area contributed by atoms with Crippen LogP contribution >= 0.6 is 0 Å². The van der Waals surface area contributed by atoms with Gasteiger partial charge >= 0.3 is 0 Å². The lowest BCUT2D eigenvalue weighted by atomic mass is 10.1. The maximum Gasteiger partial charge on any atom is 0.255 e. The van der Waals surface area contributed by atoms with E-state index in [0.717, 1.165) is 54.4 Å². The number of anilines is 4. The van der Waals surface area contributed by atoms with Crippen LogP contribution in [0.2, 0.25) is 0 Å². The Hall–Kier alpha value is -4.30. The molecule has 0 saturated carbocycles. The van der Waals surface area contributed by atoms with Crippen molar-refractivity contribution in [2.24, 2.45) is 0 Å². The normalized spacial score (nSPS) is 13.8. The van der Waals surface area contributed by atoms with E-state index >= 15 is 0 Å². The first-order valence-corrected chi connectivity index (χ1v) is 13.1. The average Bonchev–Trinajstić information content (AvgIpc) is 2.96. The van der Waals surface area contributed by atoms with Crippen LogP contribution in [0.4, 0.5) is 23.0 Å². The molecule has 2 N–H and O–H groups in total. The molecule has 1 amide bonds. The van der Waals surface area contributed by atoms with Crippen LogP contribution in [-0.4, -0.2) is 58.5 Å². The number of hydrogen-bond donors (Lipinski definition) is 2. The number of nitrogens with zero attached hydrogens (tertiary/aromatic N) is 5. The van der Waals surface area contributed by atoms with Gasteiger partial charge in [-0.2, -0.15) is 0 Å². The predicted molar refractivity (Wildman–Crippen MR) is 153 cm³/mol. The van der Waals surface area contributed by atoms with Gasteiger partial charge in [-0.05, 0) is 80.1 Å². The molecule has 1 saturated heterocycles. The molecule has 8 nitrogen and oxygen atoms in total. The molecule has 0 radical (unpaired) electrons. The van der Waals surface area contributed by atoms with E-state index in [1.165, 1.54) is 18.7 Å². The molecule has 2 aromatic heterocycles. The number of aromatic nitrogens is 3. The van der Waals surface area contributed by atoms with Gasteiger partial charge in [0.2, 0.25) is 5.95 Å². The van der Waals surface area contributed by atoms with E-state index in [9.17, 15) is 4.79 Å². The maximum atomic E-state index is 13.1. The predicted octanol–water partition coefficient (Wildman–Crippen LogP) is 5.37. The zero-order valence-corrected chi connectivity index (χ0v) is 21.9. The van der Waals surface area contributed by atoms with E-state index in [0.29, 0.717) is 11.5 Å². The number of nitrogens with one attached hydrogen (secondary N) is 2. The fourth-order valence-electron chi connectivity index (χ4n) is 4.62. The van der Waals surface area contributed by atoms with Crippen LogP contribution in [0, 0.1) is 6.92 Å². The van der Waals surface area contributed by atoms with E-state index in [4.69, 9.17) is 0 Å². The summed E-state index contributed by atoms with van der Waals surface area (Å²) in [4.78, 5) is 31.1. The van der Waals surface area contributed by atoms with Crippen molar-refractivity contribution >= 4 is 28.9 Å². The minimum atomic E-state index is -0.168. The summed E-state index contributed by atoms with van der Waals surface area (Å²) in [5.41, 5.74) is 5.96. The molecule has 1 fully saturated rings.